The Morgan fingerprint density at radius 1 is 0.474 bits per heavy atom. The van der Waals surface area contributed by atoms with E-state index in [0.717, 1.165) is 100 Å². The third-order valence-electron chi connectivity index (χ3n) is 11.6. The van der Waals surface area contributed by atoms with Gasteiger partial charge in [0.15, 0.2) is 17.5 Å². The van der Waals surface area contributed by atoms with Crippen LogP contribution in [0.1, 0.15) is 18.2 Å². The lowest BCUT2D eigenvalue weighted by Gasteiger charge is -2.11. The van der Waals surface area contributed by atoms with Gasteiger partial charge in [-0.15, -0.1) is 0 Å². The first-order valence-corrected chi connectivity index (χ1v) is 19.5. The zero-order valence-electron chi connectivity index (χ0n) is 31.0. The summed E-state index contributed by atoms with van der Waals surface area (Å²) in [5.41, 5.74) is 8.53. The van der Waals surface area contributed by atoms with Crippen molar-refractivity contribution in [3.8, 4) is 45.3 Å². The predicted molar refractivity (Wildman–Crippen MR) is 233 cm³/mol. The van der Waals surface area contributed by atoms with Crippen LogP contribution in [0.25, 0.3) is 117 Å². The molecule has 1 aliphatic carbocycles. The monoisotopic (exact) mass is 731 g/mol. The molecule has 1 unspecified atom stereocenters. The van der Waals surface area contributed by atoms with Gasteiger partial charge in [0.05, 0.1) is 0 Å². The van der Waals surface area contributed by atoms with Gasteiger partial charge in [0, 0.05) is 55.8 Å². The Hall–Kier alpha value is -7.37. The summed E-state index contributed by atoms with van der Waals surface area (Å²) < 4.78 is 13.6. The van der Waals surface area contributed by atoms with Crippen LogP contribution in [-0.4, -0.2) is 15.0 Å². The number of fused-ring (bicyclic) bond motifs is 10. The molecule has 0 saturated heterocycles. The fourth-order valence-electron chi connectivity index (χ4n) is 8.82. The van der Waals surface area contributed by atoms with E-state index in [1.807, 2.05) is 12.1 Å². The van der Waals surface area contributed by atoms with E-state index in [9.17, 15) is 0 Å². The van der Waals surface area contributed by atoms with Gasteiger partial charge in [-0.25, -0.2) is 15.0 Å². The van der Waals surface area contributed by atoms with Crippen molar-refractivity contribution in [2.75, 3.05) is 0 Å². The Balaban J connectivity index is 1.10. The van der Waals surface area contributed by atoms with Gasteiger partial charge in [-0.2, -0.15) is 0 Å². The molecule has 3 heterocycles. The minimum Gasteiger partial charge on any atom is -0.460 e. The molecule has 3 aromatic heterocycles. The van der Waals surface area contributed by atoms with Crippen molar-refractivity contribution in [2.24, 2.45) is 5.92 Å². The van der Waals surface area contributed by atoms with Gasteiger partial charge in [0.25, 0.3) is 0 Å². The van der Waals surface area contributed by atoms with E-state index in [1.54, 1.807) is 0 Å². The molecule has 1 atom stereocenters. The van der Waals surface area contributed by atoms with E-state index < -0.39 is 0 Å². The Morgan fingerprint density at radius 2 is 1.09 bits per heavy atom. The maximum Gasteiger partial charge on any atom is 0.164 e. The Kier molecular flexibility index (Phi) is 6.90. The number of para-hydroxylation sites is 1. The van der Waals surface area contributed by atoms with Crippen LogP contribution >= 0.6 is 0 Å². The smallest absolute Gasteiger partial charge is 0.164 e. The molecule has 5 heteroatoms. The number of rotatable bonds is 4. The molecule has 0 bridgehead atoms. The first-order valence-electron chi connectivity index (χ1n) is 19.5. The van der Waals surface area contributed by atoms with Gasteiger partial charge in [-0.05, 0) is 62.7 Å². The van der Waals surface area contributed by atoms with E-state index in [1.165, 1.54) is 10.8 Å². The van der Waals surface area contributed by atoms with Gasteiger partial charge < -0.3 is 8.83 Å². The number of nitrogens with zero attached hydrogens (tertiary/aromatic N) is 3. The summed E-state index contributed by atoms with van der Waals surface area (Å²) in [7, 11) is 0. The predicted octanol–water partition coefficient (Wildman–Crippen LogP) is 13.9. The maximum absolute atomic E-state index is 6.91. The second kappa shape index (κ2) is 12.3. The number of benzene rings is 8. The van der Waals surface area contributed by atoms with Crippen molar-refractivity contribution < 1.29 is 8.83 Å². The molecule has 0 radical (unpaired) electrons. The average Bonchev–Trinajstić information content (AvgIpc) is 3.84. The highest BCUT2D eigenvalue weighted by Crippen LogP contribution is 2.46. The molecule has 268 valence electrons. The van der Waals surface area contributed by atoms with E-state index in [-0.39, 0.29) is 0 Å². The van der Waals surface area contributed by atoms with Gasteiger partial charge in [-0.1, -0.05) is 146 Å². The number of hydrogen-bond acceptors (Lipinski definition) is 5. The molecule has 0 fully saturated rings. The number of aromatic nitrogens is 3. The summed E-state index contributed by atoms with van der Waals surface area (Å²) in [6, 6.07) is 52.9. The highest BCUT2D eigenvalue weighted by Gasteiger charge is 2.25. The second-order valence-electron chi connectivity index (χ2n) is 15.2. The van der Waals surface area contributed by atoms with Crippen molar-refractivity contribution in [1.29, 1.82) is 0 Å². The van der Waals surface area contributed by atoms with E-state index >= 15 is 0 Å². The summed E-state index contributed by atoms with van der Waals surface area (Å²) in [6.07, 6.45) is 5.41. The topological polar surface area (TPSA) is 65.0 Å². The molecule has 8 aromatic carbocycles. The molecule has 5 nitrogen and oxygen atoms in total. The quantitative estimate of drug-likeness (QED) is 0.180. The lowest BCUT2D eigenvalue weighted by Crippen LogP contribution is -2.00. The molecule has 0 spiro atoms. The summed E-state index contributed by atoms with van der Waals surface area (Å²) in [6.45, 7) is 2.24. The van der Waals surface area contributed by atoms with Crippen molar-refractivity contribution in [3.05, 3.63) is 169 Å². The van der Waals surface area contributed by atoms with Crippen molar-refractivity contribution in [3.63, 3.8) is 0 Å². The molecule has 0 aliphatic heterocycles. The molecule has 11 aromatic rings. The van der Waals surface area contributed by atoms with Crippen molar-refractivity contribution >= 4 is 71.3 Å². The van der Waals surface area contributed by atoms with Crippen LogP contribution in [0.4, 0.5) is 0 Å². The normalized spacial score (nSPS) is 14.1. The van der Waals surface area contributed by atoms with Crippen molar-refractivity contribution in [2.45, 2.75) is 13.3 Å². The summed E-state index contributed by atoms with van der Waals surface area (Å²) in [5, 5.41) is 9.93. The van der Waals surface area contributed by atoms with Crippen LogP contribution in [0.5, 0.6) is 0 Å². The summed E-state index contributed by atoms with van der Waals surface area (Å²) >= 11 is 0. The Morgan fingerprint density at radius 3 is 1.82 bits per heavy atom. The van der Waals surface area contributed by atoms with Gasteiger partial charge in [0.2, 0.25) is 0 Å². The molecule has 0 saturated carbocycles. The van der Waals surface area contributed by atoms with Crippen LogP contribution in [0.3, 0.4) is 0 Å². The molecular formula is C52H33N3O2. The Bertz CT molecular complexity index is 3380. The molecule has 12 rings (SSSR count). The van der Waals surface area contributed by atoms with E-state index in [4.69, 9.17) is 23.8 Å². The fraction of sp³-hybridized carbons (Fsp3) is 0.0577. The van der Waals surface area contributed by atoms with E-state index in [0.29, 0.717) is 23.4 Å². The van der Waals surface area contributed by atoms with Crippen LogP contribution in [0.2, 0.25) is 0 Å². The molecular weight excluding hydrogens is 699 g/mol. The number of allylic oxidation sites excluding steroid dienone is 1. The maximum atomic E-state index is 6.91. The lowest BCUT2D eigenvalue weighted by molar-refractivity contribution is 0.515. The molecule has 0 N–H and O–H groups in total. The third-order valence-corrected chi connectivity index (χ3v) is 11.6. The Labute approximate surface area is 327 Å². The van der Waals surface area contributed by atoms with Crippen LogP contribution in [-0.2, 0) is 6.42 Å². The summed E-state index contributed by atoms with van der Waals surface area (Å²) in [4.78, 5) is 15.6. The molecule has 57 heavy (non-hydrogen) atoms. The fourth-order valence-corrected chi connectivity index (χ4v) is 8.82. The number of hydrogen-bond donors (Lipinski definition) is 0. The van der Waals surface area contributed by atoms with Gasteiger partial charge in [0.1, 0.15) is 22.5 Å². The zero-order chi connectivity index (χ0) is 37.6. The van der Waals surface area contributed by atoms with E-state index in [2.05, 4.69) is 159 Å². The van der Waals surface area contributed by atoms with Crippen LogP contribution in [0.15, 0.2) is 167 Å². The highest BCUT2D eigenvalue weighted by atomic mass is 16.3. The van der Waals surface area contributed by atoms with Gasteiger partial charge in [-0.3, -0.25) is 0 Å². The standard InChI is InChI=1S/C52H33N3O2/c1-30-20-25-40-45(26-30)57-49-38-15-7-6-14-35(38)29-43(47(40)49)39-16-8-17-41-46-42(18-9-19-44(46)56-48(39)41)52-54-50(36-23-21-31-10-2-4-12-33(31)27-36)53-51(55-52)37-24-22-32-11-3-5-13-34(32)28-37/h2-25,27-30H,26H2,1H3. The van der Waals surface area contributed by atoms with Crippen LogP contribution in [0, 0.1) is 5.92 Å². The summed E-state index contributed by atoms with van der Waals surface area (Å²) in [5.74, 6) is 3.28. The third kappa shape index (κ3) is 5.05. The average molecular weight is 732 g/mol. The first-order chi connectivity index (χ1) is 28.1. The first kappa shape index (κ1) is 31.9. The van der Waals surface area contributed by atoms with Crippen molar-refractivity contribution in [1.82, 2.24) is 15.0 Å². The van der Waals surface area contributed by atoms with Gasteiger partial charge >= 0.3 is 0 Å². The molecule has 1 aliphatic rings. The minimum atomic E-state index is 0.420. The second-order valence-corrected chi connectivity index (χ2v) is 15.2. The largest absolute Gasteiger partial charge is 0.460 e. The highest BCUT2D eigenvalue weighted by molar-refractivity contribution is 6.20. The van der Waals surface area contributed by atoms with Crippen LogP contribution < -0.4 is 0 Å². The zero-order valence-corrected chi connectivity index (χ0v) is 31.0. The minimum absolute atomic E-state index is 0.420. The molecule has 0 amide bonds. The SMILES string of the molecule is CC1C=Cc2c(oc3c2c(-c2cccc4c2oc2cccc(-c5nc(-c6ccc7ccccc7c6)nc(-c6ccc7ccccc7c6)n5)c24)cc2ccccc23)C1. The number of furan rings is 2. The lowest BCUT2D eigenvalue weighted by atomic mass is 9.90.